The number of hydrogen-bond donors (Lipinski definition) is 0. The number of nitrogens with zero attached hydrogens (tertiary/aromatic N) is 1. The van der Waals surface area contributed by atoms with Gasteiger partial charge < -0.3 is 0 Å². The summed E-state index contributed by atoms with van der Waals surface area (Å²) in [7, 11) is 0. The van der Waals surface area contributed by atoms with Crippen LogP contribution in [-0.4, -0.2) is 4.98 Å². The van der Waals surface area contributed by atoms with Gasteiger partial charge in [-0.2, -0.15) is 13.2 Å². The van der Waals surface area contributed by atoms with Crippen LogP contribution in [0.5, 0.6) is 0 Å². The Bertz CT molecular complexity index is 549. The Balaban J connectivity index is 2.75. The van der Waals surface area contributed by atoms with Crippen LogP contribution in [-0.2, 0) is 6.18 Å². The molecule has 17 heavy (non-hydrogen) atoms. The summed E-state index contributed by atoms with van der Waals surface area (Å²) in [6.07, 6.45) is -4.40. The van der Waals surface area contributed by atoms with Crippen LogP contribution in [0.2, 0.25) is 0 Å². The van der Waals surface area contributed by atoms with Crippen molar-refractivity contribution in [3.8, 4) is 0 Å². The van der Waals surface area contributed by atoms with Crippen molar-refractivity contribution in [2.45, 2.75) is 17.0 Å². The molecule has 2 rings (SSSR count). The monoisotopic (exact) mass is 351 g/mol. The quantitative estimate of drug-likeness (QED) is 0.534. The molecule has 1 aromatic heterocycles. The van der Waals surface area contributed by atoms with Crippen molar-refractivity contribution in [2.75, 3.05) is 0 Å². The fourth-order valence-electron chi connectivity index (χ4n) is 1.66. The van der Waals surface area contributed by atoms with Crippen molar-refractivity contribution < 1.29 is 13.2 Å². The molecule has 0 saturated heterocycles. The highest BCUT2D eigenvalue weighted by atomic mass is 127. The van der Waals surface area contributed by atoms with E-state index in [4.69, 9.17) is 0 Å². The number of halogens is 4. The van der Waals surface area contributed by atoms with Crippen LogP contribution in [0.25, 0.3) is 10.9 Å². The number of pyridine rings is 1. The maximum atomic E-state index is 12.9. The average molecular weight is 351 g/mol. The highest BCUT2D eigenvalue weighted by Crippen LogP contribution is 2.37. The highest BCUT2D eigenvalue weighted by Gasteiger charge is 2.36. The normalized spacial score (nSPS) is 13.9. The van der Waals surface area contributed by atoms with E-state index in [1.165, 1.54) is 0 Å². The lowest BCUT2D eigenvalue weighted by Crippen LogP contribution is -2.12. The molecule has 1 heterocycles. The molecule has 2 aromatic rings. The van der Waals surface area contributed by atoms with Crippen molar-refractivity contribution in [3.05, 3.63) is 41.6 Å². The Morgan fingerprint density at radius 3 is 2.47 bits per heavy atom. The number of benzene rings is 1. The zero-order chi connectivity index (χ0) is 12.6. The molecule has 90 valence electrons. The van der Waals surface area contributed by atoms with E-state index in [1.807, 2.05) is 22.6 Å². The van der Waals surface area contributed by atoms with Gasteiger partial charge in [0, 0.05) is 9.31 Å². The van der Waals surface area contributed by atoms with E-state index < -0.39 is 11.9 Å². The fourth-order valence-corrected chi connectivity index (χ4v) is 2.14. The topological polar surface area (TPSA) is 12.9 Å². The lowest BCUT2D eigenvalue weighted by Gasteiger charge is -2.14. The number of hydrogen-bond acceptors (Lipinski definition) is 1. The molecule has 0 aliphatic carbocycles. The molecule has 0 aliphatic heterocycles. The third-order valence-corrected chi connectivity index (χ3v) is 3.12. The van der Waals surface area contributed by atoms with E-state index in [9.17, 15) is 13.2 Å². The van der Waals surface area contributed by atoms with Gasteiger partial charge in [0.05, 0.1) is 5.52 Å². The average Bonchev–Trinajstić information content (AvgIpc) is 2.26. The van der Waals surface area contributed by atoms with Gasteiger partial charge in [0.15, 0.2) is 0 Å². The second kappa shape index (κ2) is 4.44. The second-order valence-corrected chi connectivity index (χ2v) is 5.60. The summed E-state index contributed by atoms with van der Waals surface area (Å²) < 4.78 is 38.4. The van der Waals surface area contributed by atoms with Crippen molar-refractivity contribution in [3.63, 3.8) is 0 Å². The van der Waals surface area contributed by atoms with Gasteiger partial charge in [-0.1, -0.05) is 40.8 Å². The third-order valence-electron chi connectivity index (χ3n) is 2.45. The molecule has 0 radical (unpaired) electrons. The molecule has 0 spiro atoms. The first-order chi connectivity index (χ1) is 7.89. The fraction of sp³-hybridized carbons (Fsp3) is 0.250. The molecular weight excluding hydrogens is 342 g/mol. The first kappa shape index (κ1) is 12.6. The SMILES string of the molecule is CC(I)c1cc2ccccc2nc1C(F)(F)F. The van der Waals surface area contributed by atoms with Gasteiger partial charge in [0.1, 0.15) is 5.69 Å². The molecule has 0 aliphatic rings. The summed E-state index contributed by atoms with van der Waals surface area (Å²) in [5.41, 5.74) is -0.171. The second-order valence-electron chi connectivity index (χ2n) is 3.73. The molecule has 0 amide bonds. The van der Waals surface area contributed by atoms with E-state index in [0.29, 0.717) is 5.52 Å². The van der Waals surface area contributed by atoms with E-state index in [0.717, 1.165) is 5.39 Å². The largest absolute Gasteiger partial charge is 0.433 e. The van der Waals surface area contributed by atoms with Crippen LogP contribution < -0.4 is 0 Å². The Hall–Kier alpha value is -0.850. The van der Waals surface area contributed by atoms with Gasteiger partial charge in [0.25, 0.3) is 0 Å². The highest BCUT2D eigenvalue weighted by molar-refractivity contribution is 14.1. The number of rotatable bonds is 1. The number of alkyl halides is 4. The summed E-state index contributed by atoms with van der Waals surface area (Å²) in [5.74, 6) is 0. The molecular formula is C12H9F3IN. The Kier molecular flexibility index (Phi) is 3.29. The first-order valence-electron chi connectivity index (χ1n) is 5.00. The predicted molar refractivity (Wildman–Crippen MR) is 69.2 cm³/mol. The zero-order valence-electron chi connectivity index (χ0n) is 8.92. The molecule has 1 nitrogen and oxygen atoms in total. The smallest absolute Gasteiger partial charge is 0.243 e. The Labute approximate surface area is 110 Å². The van der Waals surface area contributed by atoms with Crippen molar-refractivity contribution in [1.82, 2.24) is 4.98 Å². The molecule has 0 saturated carbocycles. The minimum absolute atomic E-state index is 0.233. The minimum Gasteiger partial charge on any atom is -0.243 e. The summed E-state index contributed by atoms with van der Waals surface area (Å²) >= 11 is 1.97. The molecule has 1 aromatic carbocycles. The molecule has 0 fully saturated rings. The molecule has 0 bridgehead atoms. The Morgan fingerprint density at radius 1 is 1.24 bits per heavy atom. The van der Waals surface area contributed by atoms with Crippen LogP contribution in [0.15, 0.2) is 30.3 Å². The maximum absolute atomic E-state index is 12.9. The first-order valence-corrected chi connectivity index (χ1v) is 6.25. The van der Waals surface area contributed by atoms with Gasteiger partial charge in [-0.25, -0.2) is 4.98 Å². The van der Waals surface area contributed by atoms with E-state index in [2.05, 4.69) is 4.98 Å². The van der Waals surface area contributed by atoms with Gasteiger partial charge in [0.2, 0.25) is 0 Å². The lowest BCUT2D eigenvalue weighted by atomic mass is 10.1. The molecule has 5 heteroatoms. The molecule has 1 atom stereocenters. The third kappa shape index (κ3) is 2.53. The number of fused-ring (bicyclic) bond motifs is 1. The zero-order valence-corrected chi connectivity index (χ0v) is 11.1. The van der Waals surface area contributed by atoms with Crippen molar-refractivity contribution >= 4 is 33.5 Å². The van der Waals surface area contributed by atoms with Crippen molar-refractivity contribution in [1.29, 1.82) is 0 Å². The van der Waals surface area contributed by atoms with E-state index in [-0.39, 0.29) is 9.49 Å². The molecule has 1 unspecified atom stereocenters. The summed E-state index contributed by atoms with van der Waals surface area (Å²) in [4.78, 5) is 3.74. The van der Waals surface area contributed by atoms with Crippen LogP contribution in [0.3, 0.4) is 0 Å². The van der Waals surface area contributed by atoms with Gasteiger partial charge in [-0.15, -0.1) is 0 Å². The van der Waals surface area contributed by atoms with Gasteiger partial charge in [-0.05, 0) is 24.6 Å². The van der Waals surface area contributed by atoms with Gasteiger partial charge >= 0.3 is 6.18 Å². The standard InChI is InChI=1S/C12H9F3IN/c1-7(16)9-6-8-4-2-3-5-10(8)17-11(9)12(13,14)15/h2-7H,1H3. The summed E-state index contributed by atoms with van der Waals surface area (Å²) in [5, 5.41) is 0.735. The lowest BCUT2D eigenvalue weighted by molar-refractivity contribution is -0.141. The van der Waals surface area contributed by atoms with E-state index in [1.54, 1.807) is 37.3 Å². The van der Waals surface area contributed by atoms with Crippen molar-refractivity contribution in [2.24, 2.45) is 0 Å². The van der Waals surface area contributed by atoms with Crippen LogP contribution >= 0.6 is 22.6 Å². The van der Waals surface area contributed by atoms with Gasteiger partial charge in [-0.3, -0.25) is 0 Å². The summed E-state index contributed by atoms with van der Waals surface area (Å²) in [6.45, 7) is 1.72. The Morgan fingerprint density at radius 2 is 1.88 bits per heavy atom. The number of para-hydroxylation sites is 1. The van der Waals surface area contributed by atoms with Crippen LogP contribution in [0.1, 0.15) is 22.1 Å². The van der Waals surface area contributed by atoms with Crippen LogP contribution in [0.4, 0.5) is 13.2 Å². The predicted octanol–water partition coefficient (Wildman–Crippen LogP) is 4.75. The maximum Gasteiger partial charge on any atom is 0.433 e. The number of aromatic nitrogens is 1. The minimum atomic E-state index is -4.40. The summed E-state index contributed by atoms with van der Waals surface area (Å²) in [6, 6.07) is 8.40. The van der Waals surface area contributed by atoms with E-state index >= 15 is 0 Å². The van der Waals surface area contributed by atoms with Crippen LogP contribution in [0, 0.1) is 0 Å². The molecule has 0 N–H and O–H groups in total.